The average Bonchev–Trinajstić information content (AvgIpc) is 3.06. The van der Waals surface area contributed by atoms with E-state index >= 15 is 0 Å². The highest BCUT2D eigenvalue weighted by Crippen LogP contribution is 2.40. The van der Waals surface area contributed by atoms with Crippen molar-refractivity contribution in [2.24, 2.45) is 0 Å². The molecule has 0 aliphatic carbocycles. The zero-order valence-corrected chi connectivity index (χ0v) is 12.9. The van der Waals surface area contributed by atoms with Crippen LogP contribution in [0.3, 0.4) is 0 Å². The summed E-state index contributed by atoms with van der Waals surface area (Å²) in [6, 6.07) is 11.7. The summed E-state index contributed by atoms with van der Waals surface area (Å²) in [5.41, 5.74) is 1.05. The van der Waals surface area contributed by atoms with E-state index < -0.39 is 0 Å². The number of amides is 1. The second-order valence-electron chi connectivity index (χ2n) is 4.98. The van der Waals surface area contributed by atoms with Crippen LogP contribution in [0.25, 0.3) is 0 Å². The van der Waals surface area contributed by atoms with Crippen LogP contribution in [-0.2, 0) is 11.3 Å². The van der Waals surface area contributed by atoms with Gasteiger partial charge in [0.1, 0.15) is 22.6 Å². The Labute approximate surface area is 128 Å². The lowest BCUT2D eigenvalue weighted by Gasteiger charge is -2.22. The average molecular weight is 303 g/mol. The first-order chi connectivity index (χ1) is 10.2. The van der Waals surface area contributed by atoms with Gasteiger partial charge in [0, 0.05) is 6.54 Å². The van der Waals surface area contributed by atoms with Crippen molar-refractivity contribution < 1.29 is 13.9 Å². The molecule has 0 radical (unpaired) electrons. The molecule has 110 valence electrons. The van der Waals surface area contributed by atoms with Gasteiger partial charge in [-0.05, 0) is 36.8 Å². The summed E-state index contributed by atoms with van der Waals surface area (Å²) in [6.45, 7) is 2.48. The maximum atomic E-state index is 12.2. The van der Waals surface area contributed by atoms with E-state index in [0.717, 1.165) is 22.8 Å². The summed E-state index contributed by atoms with van der Waals surface area (Å²) in [4.78, 5) is 14.0. The van der Waals surface area contributed by atoms with Crippen molar-refractivity contribution in [3.63, 3.8) is 0 Å². The summed E-state index contributed by atoms with van der Waals surface area (Å²) in [6.07, 6.45) is 0. The van der Waals surface area contributed by atoms with Gasteiger partial charge in [-0.25, -0.2) is 0 Å². The SMILES string of the molecule is COc1cccc(CN2C(=O)CSC2c2ccc(C)o2)c1. The van der Waals surface area contributed by atoms with Crippen LogP contribution >= 0.6 is 11.8 Å². The molecule has 1 unspecified atom stereocenters. The number of aryl methyl sites for hydroxylation is 1. The van der Waals surface area contributed by atoms with E-state index in [9.17, 15) is 4.79 Å². The molecule has 1 aromatic heterocycles. The van der Waals surface area contributed by atoms with Crippen molar-refractivity contribution in [2.45, 2.75) is 18.8 Å². The summed E-state index contributed by atoms with van der Waals surface area (Å²) in [5.74, 6) is 3.14. The minimum atomic E-state index is -0.0441. The number of furan rings is 1. The van der Waals surface area contributed by atoms with Gasteiger partial charge in [0.15, 0.2) is 0 Å². The number of carbonyl (C=O) groups excluding carboxylic acids is 1. The molecule has 0 bridgehead atoms. The first kappa shape index (κ1) is 14.1. The van der Waals surface area contributed by atoms with Crippen LogP contribution in [0.1, 0.15) is 22.5 Å². The minimum Gasteiger partial charge on any atom is -0.497 e. The Kier molecular flexibility index (Phi) is 3.92. The Morgan fingerprint density at radius 2 is 2.24 bits per heavy atom. The van der Waals surface area contributed by atoms with E-state index in [-0.39, 0.29) is 11.3 Å². The minimum absolute atomic E-state index is 0.0441. The highest BCUT2D eigenvalue weighted by Gasteiger charge is 2.34. The van der Waals surface area contributed by atoms with E-state index in [2.05, 4.69) is 0 Å². The Balaban J connectivity index is 1.82. The molecule has 1 atom stereocenters. The number of nitrogens with zero attached hydrogens (tertiary/aromatic N) is 1. The quantitative estimate of drug-likeness (QED) is 0.868. The van der Waals surface area contributed by atoms with Gasteiger partial charge in [-0.2, -0.15) is 0 Å². The van der Waals surface area contributed by atoms with Gasteiger partial charge < -0.3 is 14.1 Å². The van der Waals surface area contributed by atoms with E-state index in [1.807, 2.05) is 48.2 Å². The van der Waals surface area contributed by atoms with Gasteiger partial charge in [0.25, 0.3) is 0 Å². The van der Waals surface area contributed by atoms with E-state index in [0.29, 0.717) is 12.3 Å². The highest BCUT2D eigenvalue weighted by atomic mass is 32.2. The maximum absolute atomic E-state index is 12.2. The van der Waals surface area contributed by atoms with Gasteiger partial charge in [-0.15, -0.1) is 11.8 Å². The summed E-state index contributed by atoms with van der Waals surface area (Å²) in [7, 11) is 1.64. The second-order valence-corrected chi connectivity index (χ2v) is 6.05. The Hall–Kier alpha value is -1.88. The van der Waals surface area contributed by atoms with Crippen LogP contribution in [0, 0.1) is 6.92 Å². The number of hydrogen-bond donors (Lipinski definition) is 0. The molecule has 0 saturated carbocycles. The van der Waals surface area contributed by atoms with Gasteiger partial charge in [0.05, 0.1) is 12.9 Å². The fourth-order valence-corrected chi connectivity index (χ4v) is 3.54. The molecule has 1 aromatic carbocycles. The molecule has 1 aliphatic heterocycles. The Morgan fingerprint density at radius 1 is 1.38 bits per heavy atom. The molecule has 1 saturated heterocycles. The van der Waals surface area contributed by atoms with Crippen molar-refractivity contribution in [1.82, 2.24) is 4.90 Å². The van der Waals surface area contributed by atoms with Gasteiger partial charge in [-0.1, -0.05) is 12.1 Å². The summed E-state index contributed by atoms with van der Waals surface area (Å²) >= 11 is 1.61. The molecular formula is C16H17NO3S. The van der Waals surface area contributed by atoms with Crippen LogP contribution < -0.4 is 4.74 Å². The van der Waals surface area contributed by atoms with Gasteiger partial charge in [0.2, 0.25) is 5.91 Å². The van der Waals surface area contributed by atoms with Crippen molar-refractivity contribution in [3.8, 4) is 5.75 Å². The molecule has 4 nitrogen and oxygen atoms in total. The second kappa shape index (κ2) is 5.85. The predicted molar refractivity (Wildman–Crippen MR) is 82.2 cm³/mol. The van der Waals surface area contributed by atoms with E-state index in [1.165, 1.54) is 0 Å². The lowest BCUT2D eigenvalue weighted by molar-refractivity contribution is -0.128. The molecule has 3 rings (SSSR count). The molecule has 5 heteroatoms. The largest absolute Gasteiger partial charge is 0.497 e. The molecule has 21 heavy (non-hydrogen) atoms. The van der Waals surface area contributed by atoms with Gasteiger partial charge >= 0.3 is 0 Å². The van der Waals surface area contributed by atoms with Crippen LogP contribution in [0.15, 0.2) is 40.8 Å². The number of methoxy groups -OCH3 is 1. The van der Waals surface area contributed by atoms with E-state index in [4.69, 9.17) is 9.15 Å². The number of ether oxygens (including phenoxy) is 1. The van der Waals surface area contributed by atoms with Crippen molar-refractivity contribution in [1.29, 1.82) is 0 Å². The first-order valence-corrected chi connectivity index (χ1v) is 7.82. The predicted octanol–water partition coefficient (Wildman–Crippen LogP) is 3.37. The number of rotatable bonds is 4. The van der Waals surface area contributed by atoms with Crippen LogP contribution in [-0.4, -0.2) is 23.7 Å². The normalized spacial score (nSPS) is 18.3. The van der Waals surface area contributed by atoms with Gasteiger partial charge in [-0.3, -0.25) is 4.79 Å². The number of hydrogen-bond acceptors (Lipinski definition) is 4. The molecule has 1 fully saturated rings. The molecule has 2 heterocycles. The molecule has 0 spiro atoms. The summed E-state index contributed by atoms with van der Waals surface area (Å²) in [5, 5.41) is -0.0441. The zero-order chi connectivity index (χ0) is 14.8. The molecular weight excluding hydrogens is 286 g/mol. The van der Waals surface area contributed by atoms with Crippen LogP contribution in [0.4, 0.5) is 0 Å². The molecule has 0 N–H and O–H groups in total. The third-order valence-corrected chi connectivity index (χ3v) is 4.68. The smallest absolute Gasteiger partial charge is 0.234 e. The Morgan fingerprint density at radius 3 is 2.95 bits per heavy atom. The van der Waals surface area contributed by atoms with Crippen LogP contribution in [0.2, 0.25) is 0 Å². The lowest BCUT2D eigenvalue weighted by atomic mass is 10.2. The topological polar surface area (TPSA) is 42.7 Å². The summed E-state index contributed by atoms with van der Waals surface area (Å²) < 4.78 is 10.9. The third-order valence-electron chi connectivity index (χ3n) is 3.46. The highest BCUT2D eigenvalue weighted by molar-refractivity contribution is 8.00. The number of thioether (sulfide) groups is 1. The Bertz CT molecular complexity index is 652. The van der Waals surface area contributed by atoms with Crippen molar-refractivity contribution >= 4 is 17.7 Å². The standard InChI is InChI=1S/C16H17NO3S/c1-11-6-7-14(20-11)16-17(15(18)10-21-16)9-12-4-3-5-13(8-12)19-2/h3-8,16H,9-10H2,1-2H3. The van der Waals surface area contributed by atoms with E-state index in [1.54, 1.807) is 18.9 Å². The molecule has 1 amide bonds. The number of carbonyl (C=O) groups is 1. The lowest BCUT2D eigenvalue weighted by Crippen LogP contribution is -2.27. The third kappa shape index (κ3) is 2.93. The fraction of sp³-hybridized carbons (Fsp3) is 0.312. The van der Waals surface area contributed by atoms with Crippen molar-refractivity contribution in [2.75, 3.05) is 12.9 Å². The fourth-order valence-electron chi connectivity index (χ4n) is 2.41. The van der Waals surface area contributed by atoms with Crippen molar-refractivity contribution in [3.05, 3.63) is 53.5 Å². The molecule has 1 aliphatic rings. The number of benzene rings is 1. The van der Waals surface area contributed by atoms with Crippen LogP contribution in [0.5, 0.6) is 5.75 Å². The maximum Gasteiger partial charge on any atom is 0.234 e. The molecule has 2 aromatic rings. The first-order valence-electron chi connectivity index (χ1n) is 6.77. The zero-order valence-electron chi connectivity index (χ0n) is 12.0. The monoisotopic (exact) mass is 303 g/mol.